The van der Waals surface area contributed by atoms with Crippen LogP contribution in [0.4, 0.5) is 5.69 Å². The van der Waals surface area contributed by atoms with Crippen molar-refractivity contribution in [3.8, 4) is 5.75 Å². The molecule has 1 aliphatic carbocycles. The van der Waals surface area contributed by atoms with Crippen molar-refractivity contribution in [3.63, 3.8) is 0 Å². The number of aromatic nitrogens is 1. The number of hydrogen-bond donors (Lipinski definition) is 3. The van der Waals surface area contributed by atoms with Gasteiger partial charge in [-0.2, -0.15) is 0 Å². The van der Waals surface area contributed by atoms with Gasteiger partial charge in [0.15, 0.2) is 9.84 Å². The molecule has 1 saturated carbocycles. The van der Waals surface area contributed by atoms with Gasteiger partial charge in [0.1, 0.15) is 11.3 Å². The van der Waals surface area contributed by atoms with Gasteiger partial charge >= 0.3 is 0 Å². The van der Waals surface area contributed by atoms with Crippen molar-refractivity contribution < 1.29 is 22.7 Å². The molecular formula is C28H27N3O6S. The van der Waals surface area contributed by atoms with Crippen molar-refractivity contribution in [1.82, 2.24) is 10.3 Å². The predicted molar refractivity (Wildman–Crippen MR) is 144 cm³/mol. The lowest BCUT2D eigenvalue weighted by Gasteiger charge is -2.28. The molecule has 10 heteroatoms. The van der Waals surface area contributed by atoms with Crippen molar-refractivity contribution in [3.05, 3.63) is 80.5 Å². The van der Waals surface area contributed by atoms with Crippen LogP contribution in [0.1, 0.15) is 63.4 Å². The average molecular weight is 534 g/mol. The summed E-state index contributed by atoms with van der Waals surface area (Å²) in [5, 5.41) is 7.18. The first-order chi connectivity index (χ1) is 18.3. The highest BCUT2D eigenvalue weighted by molar-refractivity contribution is 7.94. The van der Waals surface area contributed by atoms with Gasteiger partial charge in [0, 0.05) is 11.1 Å². The molecule has 38 heavy (non-hydrogen) atoms. The van der Waals surface area contributed by atoms with Crippen LogP contribution in [0.25, 0.3) is 10.9 Å². The van der Waals surface area contributed by atoms with Crippen molar-refractivity contribution >= 4 is 38.2 Å². The highest BCUT2D eigenvalue weighted by atomic mass is 32.2. The zero-order chi connectivity index (χ0) is 26.4. The van der Waals surface area contributed by atoms with E-state index in [1.54, 1.807) is 6.07 Å². The molecular weight excluding hydrogens is 506 g/mol. The van der Waals surface area contributed by atoms with Gasteiger partial charge in [0.25, 0.3) is 17.4 Å². The number of sulfone groups is 1. The van der Waals surface area contributed by atoms with Crippen LogP contribution in [0.2, 0.25) is 0 Å². The minimum Gasteiger partial charge on any atom is -0.493 e. The van der Waals surface area contributed by atoms with E-state index in [1.165, 1.54) is 12.1 Å². The summed E-state index contributed by atoms with van der Waals surface area (Å²) >= 11 is 0. The Labute approximate surface area is 219 Å². The van der Waals surface area contributed by atoms with E-state index in [9.17, 15) is 22.8 Å². The van der Waals surface area contributed by atoms with E-state index in [2.05, 4.69) is 15.6 Å². The molecule has 1 atom stereocenters. The summed E-state index contributed by atoms with van der Waals surface area (Å²) in [7, 11) is -3.36. The average Bonchev–Trinajstić information content (AvgIpc) is 3.20. The lowest BCUT2D eigenvalue weighted by Crippen LogP contribution is -2.38. The molecule has 9 nitrogen and oxygen atoms in total. The van der Waals surface area contributed by atoms with Crippen LogP contribution >= 0.6 is 0 Å². The molecule has 0 bridgehead atoms. The standard InChI is InChI=1S/C28H27N3O6S/c32-26(30-20-10-12-38(35,36)15-20)22-14-18-6-8-21(16-3-1-4-16)24(25(18)31-27(22)33)28(34)29-19-7-9-23-17(13-19)5-2-11-37-23/h6-10,12-14,16,20H,1-5,11,15H2,(H,29,34)(H,30,32)(H,31,33)/t20-/m1/s1. The molecule has 0 saturated heterocycles. The fourth-order valence-corrected chi connectivity index (χ4v) is 6.54. The number of benzene rings is 2. The van der Waals surface area contributed by atoms with E-state index in [1.807, 2.05) is 24.3 Å². The van der Waals surface area contributed by atoms with Gasteiger partial charge in [0.05, 0.1) is 29.5 Å². The second-order valence-corrected chi connectivity index (χ2v) is 12.0. The van der Waals surface area contributed by atoms with E-state index in [0.717, 1.165) is 54.4 Å². The van der Waals surface area contributed by atoms with Gasteiger partial charge in [-0.3, -0.25) is 14.4 Å². The summed E-state index contributed by atoms with van der Waals surface area (Å²) < 4.78 is 29.0. The van der Waals surface area contributed by atoms with E-state index in [-0.39, 0.29) is 23.1 Å². The molecule has 2 aromatic carbocycles. The van der Waals surface area contributed by atoms with Crippen molar-refractivity contribution in [2.45, 2.75) is 44.1 Å². The van der Waals surface area contributed by atoms with Gasteiger partial charge in [-0.05, 0) is 78.5 Å². The van der Waals surface area contributed by atoms with Crippen molar-refractivity contribution in [2.75, 3.05) is 17.7 Å². The van der Waals surface area contributed by atoms with Crippen molar-refractivity contribution in [1.29, 1.82) is 0 Å². The second-order valence-electron chi connectivity index (χ2n) is 10.1. The maximum absolute atomic E-state index is 13.7. The Morgan fingerprint density at radius 3 is 2.61 bits per heavy atom. The molecule has 2 aliphatic heterocycles. The maximum Gasteiger partial charge on any atom is 0.261 e. The summed E-state index contributed by atoms with van der Waals surface area (Å²) in [6, 6.07) is 10.0. The molecule has 1 fully saturated rings. The summed E-state index contributed by atoms with van der Waals surface area (Å²) in [6.45, 7) is 0.684. The lowest BCUT2D eigenvalue weighted by molar-refractivity contribution is 0.0945. The zero-order valence-corrected chi connectivity index (χ0v) is 21.4. The van der Waals surface area contributed by atoms with Gasteiger partial charge < -0.3 is 20.4 Å². The number of fused-ring (bicyclic) bond motifs is 2. The highest BCUT2D eigenvalue weighted by Crippen LogP contribution is 2.40. The Morgan fingerprint density at radius 2 is 1.87 bits per heavy atom. The van der Waals surface area contributed by atoms with E-state index in [4.69, 9.17) is 4.74 Å². The first-order valence-corrected chi connectivity index (χ1v) is 14.5. The molecule has 0 radical (unpaired) electrons. The fraction of sp³-hybridized carbons (Fsp3) is 0.321. The number of anilines is 1. The summed E-state index contributed by atoms with van der Waals surface area (Å²) in [5.41, 5.74) is 2.54. The Balaban J connectivity index is 1.35. The minimum atomic E-state index is -3.36. The number of H-pyrrole nitrogens is 1. The minimum absolute atomic E-state index is 0.146. The largest absolute Gasteiger partial charge is 0.493 e. The van der Waals surface area contributed by atoms with Gasteiger partial charge in [-0.1, -0.05) is 18.6 Å². The first-order valence-electron chi connectivity index (χ1n) is 12.8. The van der Waals surface area contributed by atoms with Crippen LogP contribution in [0.3, 0.4) is 0 Å². The third kappa shape index (κ3) is 4.60. The van der Waals surface area contributed by atoms with Crippen LogP contribution in [0.15, 0.2) is 52.7 Å². The smallest absolute Gasteiger partial charge is 0.261 e. The number of nitrogens with one attached hydrogen (secondary N) is 3. The zero-order valence-electron chi connectivity index (χ0n) is 20.6. The van der Waals surface area contributed by atoms with Crippen LogP contribution in [-0.2, 0) is 16.3 Å². The number of hydrogen-bond acceptors (Lipinski definition) is 6. The Kier molecular flexibility index (Phi) is 6.06. The van der Waals surface area contributed by atoms with Gasteiger partial charge in [-0.25, -0.2) is 8.42 Å². The Morgan fingerprint density at radius 1 is 1.03 bits per heavy atom. The quantitative estimate of drug-likeness (QED) is 0.460. The highest BCUT2D eigenvalue weighted by Gasteiger charge is 2.28. The van der Waals surface area contributed by atoms with Crippen LogP contribution < -0.4 is 20.9 Å². The fourth-order valence-electron chi connectivity index (χ4n) is 5.31. The second kappa shape index (κ2) is 9.43. The Hall–Kier alpha value is -3.92. The maximum atomic E-state index is 13.7. The molecule has 3 heterocycles. The third-order valence-electron chi connectivity index (χ3n) is 7.48. The van der Waals surface area contributed by atoms with Gasteiger partial charge in [0.2, 0.25) is 0 Å². The SMILES string of the molecule is O=C(N[C@@H]1C=CS(=O)(=O)C1)c1cc2ccc(C3CCC3)c(C(=O)Nc3ccc4c(c3)CCCO4)c2[nH]c1=O. The topological polar surface area (TPSA) is 134 Å². The normalized spacial score (nSPS) is 19.8. The molecule has 3 aromatic rings. The van der Waals surface area contributed by atoms with E-state index >= 15 is 0 Å². The molecule has 2 amide bonds. The molecule has 1 aromatic heterocycles. The van der Waals surface area contributed by atoms with Crippen LogP contribution in [0.5, 0.6) is 5.75 Å². The van der Waals surface area contributed by atoms with E-state index < -0.39 is 27.3 Å². The summed E-state index contributed by atoms with van der Waals surface area (Å²) in [5.74, 6) is -0.197. The summed E-state index contributed by atoms with van der Waals surface area (Å²) in [6.07, 6.45) is 6.19. The molecule has 196 valence electrons. The molecule has 6 rings (SSSR count). The molecule has 0 unspecified atom stereocenters. The number of rotatable bonds is 5. The number of ether oxygens (including phenoxy) is 1. The molecule has 0 spiro atoms. The molecule has 3 aliphatic rings. The predicted octanol–water partition coefficient (Wildman–Crippen LogP) is 3.41. The number of carbonyl (C=O) groups is 2. The first kappa shape index (κ1) is 24.4. The monoisotopic (exact) mass is 533 g/mol. The lowest BCUT2D eigenvalue weighted by atomic mass is 9.77. The number of carbonyl (C=O) groups excluding carboxylic acids is 2. The van der Waals surface area contributed by atoms with E-state index in [0.29, 0.717) is 28.8 Å². The van der Waals surface area contributed by atoms with Crippen LogP contribution in [0, 0.1) is 0 Å². The van der Waals surface area contributed by atoms with Crippen LogP contribution in [-0.4, -0.2) is 43.6 Å². The number of pyridine rings is 1. The Bertz CT molecular complexity index is 1670. The van der Waals surface area contributed by atoms with Crippen molar-refractivity contribution in [2.24, 2.45) is 0 Å². The number of aryl methyl sites for hydroxylation is 1. The third-order valence-corrected chi connectivity index (χ3v) is 8.88. The van der Waals surface area contributed by atoms with Gasteiger partial charge in [-0.15, -0.1) is 0 Å². The molecule has 3 N–H and O–H groups in total. The number of amides is 2. The number of aromatic amines is 1. The summed E-state index contributed by atoms with van der Waals surface area (Å²) in [4.78, 5) is 42.3.